The lowest BCUT2D eigenvalue weighted by Gasteiger charge is -1.96. The van der Waals surface area contributed by atoms with Crippen molar-refractivity contribution in [3.05, 3.63) is 35.9 Å². The summed E-state index contributed by atoms with van der Waals surface area (Å²) < 4.78 is 12.6. The molecule has 0 saturated heterocycles. The molecule has 0 bridgehead atoms. The molecular weight excluding hydrogens is 201 g/mol. The first kappa shape index (κ1) is 9.25. The van der Waals surface area contributed by atoms with Crippen LogP contribution in [0, 0.1) is 5.82 Å². The Labute approximate surface area is 83.5 Å². The van der Waals surface area contributed by atoms with E-state index >= 15 is 0 Å². The normalized spacial score (nSPS) is 10.2. The number of hydrogen-bond donors (Lipinski definition) is 1. The van der Waals surface area contributed by atoms with Crippen molar-refractivity contribution in [2.45, 2.75) is 0 Å². The number of carbonyl (C=O) groups excluding carboxylic acids is 1. The molecule has 0 saturated carbocycles. The fourth-order valence-electron chi connectivity index (χ4n) is 0.997. The predicted molar refractivity (Wildman–Crippen MR) is 47.6 cm³/mol. The largest absolute Gasteiger partial charge is 0.363 e. The van der Waals surface area contributed by atoms with Crippen LogP contribution in [0.3, 0.4) is 0 Å². The molecule has 7 heteroatoms. The average molecular weight is 207 g/mol. The highest BCUT2D eigenvalue weighted by Crippen LogP contribution is 2.05. The van der Waals surface area contributed by atoms with Crippen LogP contribution in [0.4, 0.5) is 4.39 Å². The average Bonchev–Trinajstić information content (AvgIpc) is 2.68. The Morgan fingerprint density at radius 3 is 2.53 bits per heavy atom. The molecule has 0 aliphatic carbocycles. The first-order valence-electron chi connectivity index (χ1n) is 4.02. The molecule has 0 spiro atoms. The summed E-state index contributed by atoms with van der Waals surface area (Å²) in [4.78, 5) is 11.8. The summed E-state index contributed by atoms with van der Waals surface area (Å²) in [6, 6.07) is 5.43. The van der Waals surface area contributed by atoms with Gasteiger partial charge in [-0.3, -0.25) is 4.79 Å². The molecule has 15 heavy (non-hydrogen) atoms. The van der Waals surface area contributed by atoms with Crippen LogP contribution < -0.4 is 5.73 Å². The van der Waals surface area contributed by atoms with E-state index in [0.29, 0.717) is 5.69 Å². The van der Waals surface area contributed by atoms with Gasteiger partial charge in [0, 0.05) is 0 Å². The van der Waals surface area contributed by atoms with Gasteiger partial charge in [-0.1, -0.05) is 0 Å². The van der Waals surface area contributed by atoms with Crippen molar-refractivity contribution < 1.29 is 9.18 Å². The van der Waals surface area contributed by atoms with Gasteiger partial charge in [0.25, 0.3) is 11.7 Å². The van der Waals surface area contributed by atoms with Crippen molar-refractivity contribution >= 4 is 5.91 Å². The van der Waals surface area contributed by atoms with Gasteiger partial charge in [-0.15, -0.1) is 15.0 Å². The van der Waals surface area contributed by atoms with Crippen molar-refractivity contribution in [3.8, 4) is 5.69 Å². The summed E-state index contributed by atoms with van der Waals surface area (Å²) in [6.45, 7) is 0. The van der Waals surface area contributed by atoms with E-state index in [0.717, 1.165) is 4.80 Å². The monoisotopic (exact) mass is 207 g/mol. The van der Waals surface area contributed by atoms with Crippen LogP contribution in [-0.4, -0.2) is 26.1 Å². The minimum absolute atomic E-state index is 0.181. The maximum absolute atomic E-state index is 12.6. The van der Waals surface area contributed by atoms with Crippen LogP contribution in [-0.2, 0) is 0 Å². The number of tetrazole rings is 1. The number of halogens is 1. The molecule has 2 aromatic rings. The number of benzene rings is 1. The van der Waals surface area contributed by atoms with Gasteiger partial charge in [0.1, 0.15) is 5.82 Å². The number of amides is 1. The van der Waals surface area contributed by atoms with Crippen LogP contribution in [0.25, 0.3) is 5.69 Å². The Morgan fingerprint density at radius 1 is 1.33 bits per heavy atom. The zero-order valence-electron chi connectivity index (χ0n) is 7.46. The van der Waals surface area contributed by atoms with Gasteiger partial charge >= 0.3 is 0 Å². The van der Waals surface area contributed by atoms with Gasteiger partial charge in [-0.25, -0.2) is 4.39 Å². The lowest BCUT2D eigenvalue weighted by molar-refractivity contribution is 0.0990. The van der Waals surface area contributed by atoms with Crippen molar-refractivity contribution in [2.75, 3.05) is 0 Å². The first-order chi connectivity index (χ1) is 7.16. The van der Waals surface area contributed by atoms with E-state index in [1.165, 1.54) is 24.3 Å². The lowest BCUT2D eigenvalue weighted by atomic mass is 10.3. The summed E-state index contributed by atoms with van der Waals surface area (Å²) >= 11 is 0. The van der Waals surface area contributed by atoms with E-state index < -0.39 is 5.91 Å². The number of nitrogens with zero attached hydrogens (tertiary/aromatic N) is 4. The van der Waals surface area contributed by atoms with Crippen LogP contribution in [0.15, 0.2) is 24.3 Å². The molecular formula is C8H6FN5O. The second kappa shape index (κ2) is 3.45. The van der Waals surface area contributed by atoms with E-state index in [1.807, 2.05) is 0 Å². The molecule has 0 fully saturated rings. The smallest absolute Gasteiger partial charge is 0.290 e. The second-order valence-corrected chi connectivity index (χ2v) is 2.74. The highest BCUT2D eigenvalue weighted by Gasteiger charge is 2.09. The second-order valence-electron chi connectivity index (χ2n) is 2.74. The van der Waals surface area contributed by atoms with Crippen molar-refractivity contribution in [1.82, 2.24) is 20.2 Å². The number of rotatable bonds is 2. The Morgan fingerprint density at radius 2 is 2.00 bits per heavy atom. The predicted octanol–water partition coefficient (Wildman–Crippen LogP) is -0.0997. The molecule has 1 aromatic heterocycles. The molecule has 0 radical (unpaired) electrons. The van der Waals surface area contributed by atoms with Gasteiger partial charge in [0.15, 0.2) is 0 Å². The molecule has 2 N–H and O–H groups in total. The third kappa shape index (κ3) is 1.80. The highest BCUT2D eigenvalue weighted by atomic mass is 19.1. The number of nitrogens with two attached hydrogens (primary N) is 1. The van der Waals surface area contributed by atoms with Gasteiger partial charge in [-0.05, 0) is 29.5 Å². The Balaban J connectivity index is 2.37. The molecule has 0 aliphatic heterocycles. The van der Waals surface area contributed by atoms with Gasteiger partial charge < -0.3 is 5.73 Å². The van der Waals surface area contributed by atoms with Gasteiger partial charge in [0.05, 0.1) is 5.69 Å². The maximum atomic E-state index is 12.6. The molecule has 1 amide bonds. The Hall–Kier alpha value is -2.31. The van der Waals surface area contributed by atoms with Crippen LogP contribution in [0.5, 0.6) is 0 Å². The van der Waals surface area contributed by atoms with E-state index in [-0.39, 0.29) is 11.6 Å². The van der Waals surface area contributed by atoms with Crippen LogP contribution in [0.2, 0.25) is 0 Å². The van der Waals surface area contributed by atoms with E-state index in [1.54, 1.807) is 0 Å². The Kier molecular flexibility index (Phi) is 2.13. The number of carbonyl (C=O) groups is 1. The molecule has 2 rings (SSSR count). The summed E-state index contributed by atoms with van der Waals surface area (Å²) in [7, 11) is 0. The lowest BCUT2D eigenvalue weighted by Crippen LogP contribution is -2.13. The maximum Gasteiger partial charge on any atom is 0.290 e. The van der Waals surface area contributed by atoms with Crippen molar-refractivity contribution in [1.29, 1.82) is 0 Å². The minimum Gasteiger partial charge on any atom is -0.363 e. The standard InChI is InChI=1S/C8H6FN5O/c9-5-1-3-6(4-2-5)14-12-8(7(10)15)11-13-14/h1-4H,(H2,10,15). The van der Waals surface area contributed by atoms with Gasteiger partial charge in [0.2, 0.25) is 0 Å². The molecule has 0 unspecified atom stereocenters. The minimum atomic E-state index is -0.761. The molecule has 0 aliphatic rings. The summed E-state index contributed by atoms with van der Waals surface area (Å²) in [5.74, 6) is -1.31. The zero-order valence-corrected chi connectivity index (χ0v) is 7.46. The molecule has 0 atom stereocenters. The SMILES string of the molecule is NC(=O)c1nnn(-c2ccc(F)cc2)n1. The van der Waals surface area contributed by atoms with E-state index in [4.69, 9.17) is 5.73 Å². The summed E-state index contributed by atoms with van der Waals surface area (Å²) in [5.41, 5.74) is 5.45. The number of hydrogen-bond acceptors (Lipinski definition) is 4. The molecule has 6 nitrogen and oxygen atoms in total. The topological polar surface area (TPSA) is 86.7 Å². The Bertz CT molecular complexity index is 492. The molecule has 1 heterocycles. The summed E-state index contributed by atoms with van der Waals surface area (Å²) in [6.07, 6.45) is 0. The first-order valence-corrected chi connectivity index (χ1v) is 4.02. The van der Waals surface area contributed by atoms with Crippen molar-refractivity contribution in [3.63, 3.8) is 0 Å². The zero-order chi connectivity index (χ0) is 10.8. The number of aromatic nitrogens is 4. The van der Waals surface area contributed by atoms with Gasteiger partial charge in [-0.2, -0.15) is 0 Å². The molecule has 76 valence electrons. The highest BCUT2D eigenvalue weighted by molar-refractivity contribution is 5.88. The third-order valence-corrected chi connectivity index (χ3v) is 1.69. The fraction of sp³-hybridized carbons (Fsp3) is 0. The molecule has 1 aromatic carbocycles. The fourth-order valence-corrected chi connectivity index (χ4v) is 0.997. The summed E-state index contributed by atoms with van der Waals surface area (Å²) in [5, 5.41) is 10.7. The van der Waals surface area contributed by atoms with E-state index in [2.05, 4.69) is 15.4 Å². The third-order valence-electron chi connectivity index (χ3n) is 1.69. The van der Waals surface area contributed by atoms with Crippen molar-refractivity contribution in [2.24, 2.45) is 5.73 Å². The van der Waals surface area contributed by atoms with Crippen LogP contribution >= 0.6 is 0 Å². The van der Waals surface area contributed by atoms with Crippen LogP contribution in [0.1, 0.15) is 10.6 Å². The van der Waals surface area contributed by atoms with E-state index in [9.17, 15) is 9.18 Å². The number of primary amides is 1. The quantitative estimate of drug-likeness (QED) is 0.744.